The van der Waals surface area contributed by atoms with Gasteiger partial charge in [-0.1, -0.05) is 59.6 Å². The summed E-state index contributed by atoms with van der Waals surface area (Å²) in [5.74, 6) is 0.742. The fraction of sp³-hybridized carbons (Fsp3) is 0.889. The highest BCUT2D eigenvalue weighted by molar-refractivity contribution is 5.15. The van der Waals surface area contributed by atoms with Gasteiger partial charge in [-0.25, -0.2) is 0 Å². The minimum absolute atomic E-state index is 0.349. The van der Waals surface area contributed by atoms with E-state index in [0.717, 1.165) is 25.6 Å². The van der Waals surface area contributed by atoms with Crippen LogP contribution < -0.4 is 5.32 Å². The smallest absolute Gasteiger partial charge is 0.0223 e. The van der Waals surface area contributed by atoms with E-state index in [1.165, 1.54) is 25.8 Å². The van der Waals surface area contributed by atoms with Gasteiger partial charge in [-0.15, -0.1) is 0 Å². The van der Waals surface area contributed by atoms with Crippen molar-refractivity contribution in [2.45, 2.75) is 66.8 Å². The zero-order chi connectivity index (χ0) is 15.2. The minimum Gasteiger partial charge on any atom is -0.315 e. The predicted octanol–water partition coefficient (Wildman–Crippen LogP) is 4.08. The van der Waals surface area contributed by atoms with Crippen molar-refractivity contribution in [2.24, 2.45) is 11.3 Å². The first kappa shape index (κ1) is 17.7. The zero-order valence-electron chi connectivity index (χ0n) is 14.6. The molecule has 0 amide bonds. The molecule has 1 unspecified atom stereocenters. The van der Waals surface area contributed by atoms with Crippen molar-refractivity contribution in [3.63, 3.8) is 0 Å². The molecule has 1 atom stereocenters. The molecule has 1 rings (SSSR count). The number of hydrogen-bond donors (Lipinski definition) is 1. The molecule has 0 bridgehead atoms. The molecule has 0 aromatic carbocycles. The zero-order valence-corrected chi connectivity index (χ0v) is 14.6. The number of rotatable bonds is 7. The van der Waals surface area contributed by atoms with Crippen molar-refractivity contribution in [2.75, 3.05) is 26.2 Å². The lowest BCUT2D eigenvalue weighted by molar-refractivity contribution is 0.187. The molecular weight excluding hydrogens is 244 g/mol. The van der Waals surface area contributed by atoms with Crippen LogP contribution in [0.3, 0.4) is 0 Å². The molecule has 1 heterocycles. The van der Waals surface area contributed by atoms with Crippen molar-refractivity contribution in [3.05, 3.63) is 11.6 Å². The molecule has 1 N–H and O–H groups in total. The molecular formula is C18H36N2. The molecule has 0 aromatic heterocycles. The van der Waals surface area contributed by atoms with Gasteiger partial charge >= 0.3 is 0 Å². The van der Waals surface area contributed by atoms with Gasteiger partial charge in [-0.3, -0.25) is 4.90 Å². The first-order chi connectivity index (χ1) is 9.34. The van der Waals surface area contributed by atoms with Gasteiger partial charge in [0.2, 0.25) is 0 Å². The Morgan fingerprint density at radius 3 is 2.40 bits per heavy atom. The second kappa shape index (κ2) is 8.19. The normalized spacial score (nSPS) is 19.2. The molecule has 2 heteroatoms. The fourth-order valence-corrected chi connectivity index (χ4v) is 2.98. The third kappa shape index (κ3) is 5.97. The van der Waals surface area contributed by atoms with Gasteiger partial charge in [0.25, 0.3) is 0 Å². The van der Waals surface area contributed by atoms with E-state index >= 15 is 0 Å². The van der Waals surface area contributed by atoms with Crippen molar-refractivity contribution in [1.29, 1.82) is 0 Å². The Hall–Kier alpha value is -0.340. The van der Waals surface area contributed by atoms with E-state index in [-0.39, 0.29) is 0 Å². The summed E-state index contributed by atoms with van der Waals surface area (Å²) in [6.45, 7) is 18.5. The summed E-state index contributed by atoms with van der Waals surface area (Å²) >= 11 is 0. The first-order valence-electron chi connectivity index (χ1n) is 8.48. The Bertz CT molecular complexity index is 299. The molecule has 0 radical (unpaired) electrons. The fourth-order valence-electron chi connectivity index (χ4n) is 2.98. The SMILES string of the molecule is CCCC(CNCC(C)C)N1CC=C(C(C)(C)C)CC1. The van der Waals surface area contributed by atoms with Gasteiger partial charge in [-0.2, -0.15) is 0 Å². The lowest BCUT2D eigenvalue weighted by Gasteiger charge is -2.37. The van der Waals surface area contributed by atoms with Crippen molar-refractivity contribution < 1.29 is 0 Å². The van der Waals surface area contributed by atoms with E-state index in [0.29, 0.717) is 11.5 Å². The quantitative estimate of drug-likeness (QED) is 0.707. The predicted molar refractivity (Wildman–Crippen MR) is 90.1 cm³/mol. The molecule has 20 heavy (non-hydrogen) atoms. The van der Waals surface area contributed by atoms with Crippen LogP contribution in [0.1, 0.15) is 60.8 Å². The van der Waals surface area contributed by atoms with Crippen LogP contribution in [0.4, 0.5) is 0 Å². The highest BCUT2D eigenvalue weighted by Crippen LogP contribution is 2.30. The average molecular weight is 281 g/mol. The van der Waals surface area contributed by atoms with E-state index < -0.39 is 0 Å². The molecule has 0 aliphatic carbocycles. The Morgan fingerprint density at radius 1 is 1.25 bits per heavy atom. The minimum atomic E-state index is 0.349. The second-order valence-corrected chi connectivity index (χ2v) is 7.72. The van der Waals surface area contributed by atoms with Crippen LogP contribution in [0.5, 0.6) is 0 Å². The van der Waals surface area contributed by atoms with E-state index in [4.69, 9.17) is 0 Å². The second-order valence-electron chi connectivity index (χ2n) is 7.72. The molecule has 0 saturated carbocycles. The Kier molecular flexibility index (Phi) is 7.25. The van der Waals surface area contributed by atoms with Gasteiger partial charge in [0.05, 0.1) is 0 Å². The van der Waals surface area contributed by atoms with E-state index in [2.05, 4.69) is 57.8 Å². The Labute approximate surface area is 127 Å². The summed E-state index contributed by atoms with van der Waals surface area (Å²) in [5, 5.41) is 3.65. The van der Waals surface area contributed by atoms with Crippen LogP contribution >= 0.6 is 0 Å². The summed E-state index contributed by atoms with van der Waals surface area (Å²) in [6.07, 6.45) is 6.31. The Morgan fingerprint density at radius 2 is 1.95 bits per heavy atom. The number of nitrogens with one attached hydrogen (secondary N) is 1. The van der Waals surface area contributed by atoms with E-state index in [1.54, 1.807) is 5.57 Å². The molecule has 0 aromatic rings. The average Bonchev–Trinajstić information content (AvgIpc) is 2.36. The third-order valence-corrected chi connectivity index (χ3v) is 4.27. The topological polar surface area (TPSA) is 15.3 Å². The maximum Gasteiger partial charge on any atom is 0.0223 e. The summed E-state index contributed by atoms with van der Waals surface area (Å²) in [5.41, 5.74) is 1.99. The molecule has 118 valence electrons. The monoisotopic (exact) mass is 280 g/mol. The number of hydrogen-bond acceptors (Lipinski definition) is 2. The van der Waals surface area contributed by atoms with Crippen molar-refractivity contribution in [1.82, 2.24) is 10.2 Å². The van der Waals surface area contributed by atoms with Crippen LogP contribution in [0.2, 0.25) is 0 Å². The van der Waals surface area contributed by atoms with E-state index in [1.807, 2.05) is 0 Å². The molecule has 2 nitrogen and oxygen atoms in total. The highest BCUT2D eigenvalue weighted by atomic mass is 15.2. The third-order valence-electron chi connectivity index (χ3n) is 4.27. The largest absolute Gasteiger partial charge is 0.315 e. The van der Waals surface area contributed by atoms with Gasteiger partial charge in [0, 0.05) is 25.7 Å². The lowest BCUT2D eigenvalue weighted by Crippen LogP contribution is -2.45. The van der Waals surface area contributed by atoms with Gasteiger partial charge in [0.15, 0.2) is 0 Å². The molecule has 0 spiro atoms. The summed E-state index contributed by atoms with van der Waals surface area (Å²) in [7, 11) is 0. The first-order valence-corrected chi connectivity index (χ1v) is 8.48. The maximum atomic E-state index is 3.65. The van der Waals surface area contributed by atoms with Crippen LogP contribution in [0, 0.1) is 11.3 Å². The standard InChI is InChI=1S/C18H36N2/c1-7-8-17(14-19-13-15(2)3)20-11-9-16(10-12-20)18(4,5)6/h9,15,17,19H,7-8,10-14H2,1-6H3. The Balaban J connectivity index is 2.51. The molecule has 0 fully saturated rings. The lowest BCUT2D eigenvalue weighted by atomic mass is 9.82. The van der Waals surface area contributed by atoms with Crippen LogP contribution in [-0.4, -0.2) is 37.1 Å². The summed E-state index contributed by atoms with van der Waals surface area (Å²) in [4.78, 5) is 2.67. The van der Waals surface area contributed by atoms with Gasteiger partial charge in [0.1, 0.15) is 0 Å². The van der Waals surface area contributed by atoms with E-state index in [9.17, 15) is 0 Å². The van der Waals surface area contributed by atoms with Crippen molar-refractivity contribution in [3.8, 4) is 0 Å². The highest BCUT2D eigenvalue weighted by Gasteiger charge is 2.24. The van der Waals surface area contributed by atoms with Gasteiger partial charge < -0.3 is 5.32 Å². The maximum absolute atomic E-state index is 3.65. The van der Waals surface area contributed by atoms with Crippen molar-refractivity contribution >= 4 is 0 Å². The summed E-state index contributed by atoms with van der Waals surface area (Å²) < 4.78 is 0. The number of nitrogens with zero attached hydrogens (tertiary/aromatic N) is 1. The van der Waals surface area contributed by atoms with Crippen LogP contribution in [0.25, 0.3) is 0 Å². The molecule has 0 saturated heterocycles. The van der Waals surface area contributed by atoms with Gasteiger partial charge in [-0.05, 0) is 30.7 Å². The van der Waals surface area contributed by atoms with Crippen LogP contribution in [-0.2, 0) is 0 Å². The molecule has 1 aliphatic heterocycles. The molecule has 1 aliphatic rings. The van der Waals surface area contributed by atoms with Crippen LogP contribution in [0.15, 0.2) is 11.6 Å². The summed E-state index contributed by atoms with van der Waals surface area (Å²) in [6, 6.07) is 0.705.